The molecule has 8 heteroatoms. The van der Waals surface area contributed by atoms with E-state index in [0.717, 1.165) is 5.56 Å². The van der Waals surface area contributed by atoms with Crippen LogP contribution >= 0.6 is 0 Å². The number of carbonyl (C=O) groups excluding carboxylic acids is 1. The topological polar surface area (TPSA) is 105 Å². The third kappa shape index (κ3) is 3.80. The average molecular weight is 345 g/mol. The molecule has 1 aliphatic rings. The van der Waals surface area contributed by atoms with Crippen LogP contribution in [-0.2, 0) is 9.53 Å². The second kappa shape index (κ2) is 6.94. The van der Waals surface area contributed by atoms with Crippen LogP contribution in [0.4, 0.5) is 10.5 Å². The Hall–Kier alpha value is -2.87. The van der Waals surface area contributed by atoms with E-state index in [1.165, 1.54) is 4.90 Å². The maximum atomic E-state index is 12.5. The zero-order valence-electron chi connectivity index (χ0n) is 13.9. The van der Waals surface area contributed by atoms with Gasteiger partial charge < -0.3 is 24.5 Å². The summed E-state index contributed by atoms with van der Waals surface area (Å²) in [6.45, 7) is 3.76. The first-order chi connectivity index (χ1) is 11.9. The minimum Gasteiger partial charge on any atom is -0.480 e. The van der Waals surface area contributed by atoms with Crippen molar-refractivity contribution in [1.29, 1.82) is 0 Å². The summed E-state index contributed by atoms with van der Waals surface area (Å²) in [6, 6.07) is 5.63. The smallest absolute Gasteiger partial charge is 0.328 e. The van der Waals surface area contributed by atoms with Crippen LogP contribution < -0.4 is 5.32 Å². The standard InChI is InChI=1S/C17H19N3O5/c1-10-7-20(15(9-24-10)16(21)22)17(23)19-13-5-3-12(4-6-13)14-8-25-11(2)18-14/h3-6,8,10,15H,7,9H2,1-2H3,(H,19,23)(H,21,22)/t10-,15-/m0/s1. The van der Waals surface area contributed by atoms with Crippen LogP contribution in [0.25, 0.3) is 11.3 Å². The zero-order valence-corrected chi connectivity index (χ0v) is 13.9. The number of aliphatic carboxylic acids is 1. The SMILES string of the molecule is Cc1nc(-c2ccc(NC(=O)N3C[C@H](C)OC[C@H]3C(=O)O)cc2)co1. The number of carboxylic acid groups (broad SMARTS) is 1. The van der Waals surface area contributed by atoms with Crippen LogP contribution in [0.2, 0.25) is 0 Å². The highest BCUT2D eigenvalue weighted by atomic mass is 16.5. The number of aryl methyl sites for hydroxylation is 1. The lowest BCUT2D eigenvalue weighted by Gasteiger charge is -2.36. The minimum absolute atomic E-state index is 0.0195. The molecule has 2 aromatic rings. The summed E-state index contributed by atoms with van der Waals surface area (Å²) in [5, 5.41) is 12.0. The molecule has 1 aromatic carbocycles. The van der Waals surface area contributed by atoms with E-state index in [9.17, 15) is 14.7 Å². The second-order valence-electron chi connectivity index (χ2n) is 5.91. The Kier molecular flexibility index (Phi) is 4.71. The van der Waals surface area contributed by atoms with Crippen LogP contribution in [0, 0.1) is 6.92 Å². The molecule has 2 N–H and O–H groups in total. The molecule has 2 amide bonds. The van der Waals surface area contributed by atoms with Crippen molar-refractivity contribution in [1.82, 2.24) is 9.88 Å². The number of ether oxygens (including phenoxy) is 1. The van der Waals surface area contributed by atoms with Crippen molar-refractivity contribution in [2.45, 2.75) is 26.0 Å². The highest BCUT2D eigenvalue weighted by Crippen LogP contribution is 2.21. The molecule has 0 radical (unpaired) electrons. The van der Waals surface area contributed by atoms with Gasteiger partial charge in [-0.2, -0.15) is 0 Å². The summed E-state index contributed by atoms with van der Waals surface area (Å²) >= 11 is 0. The molecular weight excluding hydrogens is 326 g/mol. The molecule has 0 aliphatic carbocycles. The number of hydrogen-bond acceptors (Lipinski definition) is 5. The van der Waals surface area contributed by atoms with Crippen molar-refractivity contribution in [3.05, 3.63) is 36.4 Å². The molecule has 8 nitrogen and oxygen atoms in total. The lowest BCUT2D eigenvalue weighted by atomic mass is 10.1. The number of nitrogens with one attached hydrogen (secondary N) is 1. The number of hydrogen-bond donors (Lipinski definition) is 2. The second-order valence-corrected chi connectivity index (χ2v) is 5.91. The third-order valence-electron chi connectivity index (χ3n) is 3.97. The molecule has 25 heavy (non-hydrogen) atoms. The largest absolute Gasteiger partial charge is 0.480 e. The third-order valence-corrected chi connectivity index (χ3v) is 3.97. The number of benzene rings is 1. The molecule has 132 valence electrons. The van der Waals surface area contributed by atoms with E-state index in [0.29, 0.717) is 17.3 Å². The van der Waals surface area contributed by atoms with E-state index in [-0.39, 0.29) is 19.3 Å². The van der Waals surface area contributed by atoms with Crippen molar-refractivity contribution in [3.63, 3.8) is 0 Å². The summed E-state index contributed by atoms with van der Waals surface area (Å²) < 4.78 is 10.5. The van der Waals surface area contributed by atoms with Gasteiger partial charge >= 0.3 is 12.0 Å². The van der Waals surface area contributed by atoms with Gasteiger partial charge in [-0.1, -0.05) is 12.1 Å². The number of carbonyl (C=O) groups is 2. The average Bonchev–Trinajstić information content (AvgIpc) is 3.01. The highest BCUT2D eigenvalue weighted by molar-refractivity contribution is 5.92. The van der Waals surface area contributed by atoms with Crippen molar-refractivity contribution in [2.24, 2.45) is 0 Å². The molecule has 3 rings (SSSR count). The number of rotatable bonds is 3. The van der Waals surface area contributed by atoms with Crippen molar-refractivity contribution >= 4 is 17.7 Å². The van der Waals surface area contributed by atoms with Gasteiger partial charge in [0.15, 0.2) is 11.9 Å². The van der Waals surface area contributed by atoms with E-state index >= 15 is 0 Å². The van der Waals surface area contributed by atoms with E-state index in [4.69, 9.17) is 9.15 Å². The van der Waals surface area contributed by atoms with Gasteiger partial charge in [-0.25, -0.2) is 14.6 Å². The fraction of sp³-hybridized carbons (Fsp3) is 0.353. The molecule has 2 heterocycles. The Bertz CT molecular complexity index is 771. The molecule has 0 bridgehead atoms. The van der Waals surface area contributed by atoms with E-state index in [1.807, 2.05) is 12.1 Å². The van der Waals surface area contributed by atoms with Gasteiger partial charge in [-0.05, 0) is 19.1 Å². The first-order valence-corrected chi connectivity index (χ1v) is 7.88. The maximum absolute atomic E-state index is 12.5. The monoisotopic (exact) mass is 345 g/mol. The molecule has 2 atom stereocenters. The summed E-state index contributed by atoms with van der Waals surface area (Å²) in [5.74, 6) is -0.507. The van der Waals surface area contributed by atoms with Gasteiger partial charge in [-0.3, -0.25) is 0 Å². The van der Waals surface area contributed by atoms with Crippen LogP contribution in [0.3, 0.4) is 0 Å². The first kappa shape index (κ1) is 17.0. The molecule has 0 saturated carbocycles. The normalized spacial score (nSPS) is 20.3. The molecule has 0 unspecified atom stereocenters. The molecule has 1 aromatic heterocycles. The quantitative estimate of drug-likeness (QED) is 0.885. The lowest BCUT2D eigenvalue weighted by molar-refractivity contribution is -0.149. The maximum Gasteiger partial charge on any atom is 0.328 e. The molecule has 1 fully saturated rings. The van der Waals surface area contributed by atoms with E-state index in [1.54, 1.807) is 32.2 Å². The minimum atomic E-state index is -1.08. The van der Waals surface area contributed by atoms with Crippen LogP contribution in [-0.4, -0.2) is 52.3 Å². The predicted octanol–water partition coefficient (Wildman–Crippen LogP) is 2.36. The van der Waals surface area contributed by atoms with Crippen molar-refractivity contribution < 1.29 is 23.8 Å². The highest BCUT2D eigenvalue weighted by Gasteiger charge is 2.35. The number of amides is 2. The lowest BCUT2D eigenvalue weighted by Crippen LogP contribution is -2.56. The number of aromatic nitrogens is 1. The summed E-state index contributed by atoms with van der Waals surface area (Å²) in [7, 11) is 0. The molecular formula is C17H19N3O5. The van der Waals surface area contributed by atoms with Crippen LogP contribution in [0.1, 0.15) is 12.8 Å². The van der Waals surface area contributed by atoms with Crippen molar-refractivity contribution in [2.75, 3.05) is 18.5 Å². The van der Waals surface area contributed by atoms with Crippen LogP contribution in [0.5, 0.6) is 0 Å². The fourth-order valence-corrected chi connectivity index (χ4v) is 2.65. The van der Waals surface area contributed by atoms with Gasteiger partial charge in [0.05, 0.1) is 12.7 Å². The Balaban J connectivity index is 1.70. The predicted molar refractivity (Wildman–Crippen MR) is 89.2 cm³/mol. The van der Waals surface area contributed by atoms with Gasteiger partial charge in [-0.15, -0.1) is 0 Å². The van der Waals surface area contributed by atoms with Gasteiger partial charge in [0.25, 0.3) is 0 Å². The number of nitrogens with zero attached hydrogens (tertiary/aromatic N) is 2. The number of anilines is 1. The van der Waals surface area contributed by atoms with Crippen molar-refractivity contribution in [3.8, 4) is 11.3 Å². The Morgan fingerprint density at radius 3 is 2.64 bits per heavy atom. The molecule has 1 saturated heterocycles. The fourth-order valence-electron chi connectivity index (χ4n) is 2.65. The molecule has 1 aliphatic heterocycles. The first-order valence-electron chi connectivity index (χ1n) is 7.88. The van der Waals surface area contributed by atoms with E-state index < -0.39 is 18.0 Å². The van der Waals surface area contributed by atoms with Crippen LogP contribution in [0.15, 0.2) is 34.9 Å². The Morgan fingerprint density at radius 1 is 1.32 bits per heavy atom. The summed E-state index contributed by atoms with van der Waals surface area (Å²) in [6.07, 6.45) is 1.36. The number of carboxylic acids is 1. The Morgan fingerprint density at radius 2 is 2.04 bits per heavy atom. The van der Waals surface area contributed by atoms with Gasteiger partial charge in [0, 0.05) is 24.7 Å². The molecule has 0 spiro atoms. The number of morpholine rings is 1. The summed E-state index contributed by atoms with van der Waals surface area (Å²) in [4.78, 5) is 29.3. The van der Waals surface area contributed by atoms with Gasteiger partial charge in [0.1, 0.15) is 12.0 Å². The van der Waals surface area contributed by atoms with Gasteiger partial charge in [0.2, 0.25) is 0 Å². The number of urea groups is 1. The summed E-state index contributed by atoms with van der Waals surface area (Å²) in [5.41, 5.74) is 2.14. The zero-order chi connectivity index (χ0) is 18.0. The Labute approximate surface area is 144 Å². The van der Waals surface area contributed by atoms with E-state index in [2.05, 4.69) is 10.3 Å². The number of oxazole rings is 1.